The van der Waals surface area contributed by atoms with Gasteiger partial charge in [-0.2, -0.15) is 0 Å². The van der Waals surface area contributed by atoms with Crippen LogP contribution in [0.2, 0.25) is 0 Å². The Hall–Kier alpha value is -2.69. The van der Waals surface area contributed by atoms with Gasteiger partial charge in [-0.1, -0.05) is 18.2 Å². The van der Waals surface area contributed by atoms with Crippen molar-refractivity contribution in [1.82, 2.24) is 0 Å². The Morgan fingerprint density at radius 1 is 1.00 bits per heavy atom. The van der Waals surface area contributed by atoms with E-state index in [1.165, 1.54) is 0 Å². The van der Waals surface area contributed by atoms with Gasteiger partial charge in [0.2, 0.25) is 0 Å². The second kappa shape index (κ2) is 3.91. The van der Waals surface area contributed by atoms with Gasteiger partial charge in [0.25, 0.3) is 0 Å². The summed E-state index contributed by atoms with van der Waals surface area (Å²) >= 11 is 0. The fraction of sp³-hybridized carbons (Fsp3) is 0.0714. The average molecular weight is 258 g/mol. The fourth-order valence-electron chi connectivity index (χ4n) is 2.24. The van der Waals surface area contributed by atoms with Gasteiger partial charge in [-0.15, -0.1) is 0 Å². The third kappa shape index (κ3) is 1.67. The first kappa shape index (κ1) is 11.4. The lowest BCUT2D eigenvalue weighted by Crippen LogP contribution is -2.01. The molecule has 0 amide bonds. The topological polar surface area (TPSA) is 87.0 Å². The van der Waals surface area contributed by atoms with Crippen molar-refractivity contribution in [3.8, 4) is 17.2 Å². The molecule has 1 atom stereocenters. The molecule has 5 heteroatoms. The number of benzene rings is 2. The summed E-state index contributed by atoms with van der Waals surface area (Å²) in [5, 5.41) is 28.9. The maximum atomic E-state index is 11.7. The minimum atomic E-state index is -0.871. The molecule has 96 valence electrons. The summed E-state index contributed by atoms with van der Waals surface area (Å²) in [4.78, 5) is 11.7. The van der Waals surface area contributed by atoms with E-state index in [9.17, 15) is 20.1 Å². The molecule has 0 fully saturated rings. The molecule has 0 radical (unpaired) electrons. The van der Waals surface area contributed by atoms with Crippen LogP contribution in [0.25, 0.3) is 0 Å². The van der Waals surface area contributed by atoms with Gasteiger partial charge in [-0.05, 0) is 6.07 Å². The van der Waals surface area contributed by atoms with Crippen LogP contribution in [0.5, 0.6) is 17.2 Å². The second-order valence-corrected chi connectivity index (χ2v) is 4.27. The summed E-state index contributed by atoms with van der Waals surface area (Å²) in [7, 11) is 0. The van der Waals surface area contributed by atoms with E-state index in [4.69, 9.17) is 4.74 Å². The molecular weight excluding hydrogens is 248 g/mol. The van der Waals surface area contributed by atoms with E-state index in [0.29, 0.717) is 11.1 Å². The molecule has 19 heavy (non-hydrogen) atoms. The highest BCUT2D eigenvalue weighted by atomic mass is 16.5. The Morgan fingerprint density at radius 3 is 2.32 bits per heavy atom. The second-order valence-electron chi connectivity index (χ2n) is 4.27. The van der Waals surface area contributed by atoms with Crippen molar-refractivity contribution in [1.29, 1.82) is 0 Å². The number of phenolic OH excluding ortho intramolecular Hbond substituents is 3. The van der Waals surface area contributed by atoms with Crippen molar-refractivity contribution in [2.75, 3.05) is 0 Å². The van der Waals surface area contributed by atoms with E-state index in [2.05, 4.69) is 0 Å². The highest BCUT2D eigenvalue weighted by Crippen LogP contribution is 2.44. The minimum absolute atomic E-state index is 0.0658. The van der Waals surface area contributed by atoms with Crippen molar-refractivity contribution in [3.05, 3.63) is 53.1 Å². The van der Waals surface area contributed by atoms with E-state index >= 15 is 0 Å². The summed E-state index contributed by atoms with van der Waals surface area (Å²) in [6, 6.07) is 8.93. The normalized spacial score (nSPS) is 17.1. The number of fused-ring (bicyclic) bond motifs is 1. The largest absolute Gasteiger partial charge is 0.508 e. The number of hydrogen-bond acceptors (Lipinski definition) is 5. The molecule has 3 N–H and O–H groups in total. The summed E-state index contributed by atoms with van der Waals surface area (Å²) in [5.74, 6) is -1.43. The molecule has 0 saturated carbocycles. The lowest BCUT2D eigenvalue weighted by atomic mass is 9.98. The first-order valence-electron chi connectivity index (χ1n) is 5.62. The summed E-state index contributed by atoms with van der Waals surface area (Å²) in [6.07, 6.45) is -0.871. The molecular formula is C14H10O5. The molecule has 1 unspecified atom stereocenters. The van der Waals surface area contributed by atoms with Gasteiger partial charge < -0.3 is 20.1 Å². The number of rotatable bonds is 1. The highest BCUT2D eigenvalue weighted by Gasteiger charge is 2.35. The van der Waals surface area contributed by atoms with E-state index < -0.39 is 12.1 Å². The number of esters is 1. The summed E-state index contributed by atoms with van der Waals surface area (Å²) < 4.78 is 5.18. The predicted octanol–water partition coefficient (Wildman–Crippen LogP) is 2.06. The van der Waals surface area contributed by atoms with Crippen molar-refractivity contribution in [2.24, 2.45) is 0 Å². The molecule has 0 spiro atoms. The van der Waals surface area contributed by atoms with E-state index in [0.717, 1.165) is 12.1 Å². The first-order valence-corrected chi connectivity index (χ1v) is 5.62. The Morgan fingerprint density at radius 2 is 1.63 bits per heavy atom. The molecule has 0 saturated heterocycles. The Kier molecular flexibility index (Phi) is 2.35. The third-order valence-corrected chi connectivity index (χ3v) is 3.07. The standard InChI is InChI=1S/C14H10O5/c15-7-5-10(16)12(11(17)6-7)13-8-3-1-2-4-9(8)14(18)19-13/h1-6,13,15-17H. The molecule has 5 nitrogen and oxygen atoms in total. The number of carbonyl (C=O) groups is 1. The third-order valence-electron chi connectivity index (χ3n) is 3.07. The SMILES string of the molecule is O=C1OC(c2c(O)cc(O)cc2O)c2ccccc21. The van der Waals surface area contributed by atoms with Crippen molar-refractivity contribution in [3.63, 3.8) is 0 Å². The number of aromatic hydroxyl groups is 3. The van der Waals surface area contributed by atoms with Crippen LogP contribution in [0.4, 0.5) is 0 Å². The quantitative estimate of drug-likeness (QED) is 0.681. The van der Waals surface area contributed by atoms with Gasteiger partial charge in [-0.25, -0.2) is 4.79 Å². The predicted molar refractivity (Wildman–Crippen MR) is 65.1 cm³/mol. The number of hydrogen-bond donors (Lipinski definition) is 3. The van der Waals surface area contributed by atoms with Gasteiger partial charge in [0.05, 0.1) is 11.1 Å². The monoisotopic (exact) mass is 258 g/mol. The van der Waals surface area contributed by atoms with Gasteiger partial charge in [0.1, 0.15) is 17.2 Å². The summed E-state index contributed by atoms with van der Waals surface area (Å²) in [6.45, 7) is 0. The van der Waals surface area contributed by atoms with Crippen LogP contribution < -0.4 is 0 Å². The summed E-state index contributed by atoms with van der Waals surface area (Å²) in [5.41, 5.74) is 1.04. The molecule has 1 aliphatic rings. The van der Waals surface area contributed by atoms with Gasteiger partial charge in [-0.3, -0.25) is 0 Å². The van der Waals surface area contributed by atoms with Crippen LogP contribution in [0.3, 0.4) is 0 Å². The Balaban J connectivity index is 2.18. The molecule has 3 rings (SSSR count). The number of cyclic esters (lactones) is 1. The van der Waals surface area contributed by atoms with E-state index in [1.54, 1.807) is 24.3 Å². The van der Waals surface area contributed by atoms with E-state index in [-0.39, 0.29) is 22.8 Å². The van der Waals surface area contributed by atoms with Gasteiger partial charge >= 0.3 is 5.97 Å². The molecule has 0 aromatic heterocycles. The zero-order chi connectivity index (χ0) is 13.6. The maximum absolute atomic E-state index is 11.7. The van der Waals surface area contributed by atoms with Crippen LogP contribution in [0, 0.1) is 0 Å². The first-order chi connectivity index (χ1) is 9.08. The fourth-order valence-corrected chi connectivity index (χ4v) is 2.24. The molecule has 1 heterocycles. The van der Waals surface area contributed by atoms with Crippen molar-refractivity contribution in [2.45, 2.75) is 6.10 Å². The molecule has 2 aromatic carbocycles. The smallest absolute Gasteiger partial charge is 0.339 e. The number of carbonyl (C=O) groups excluding carboxylic acids is 1. The van der Waals surface area contributed by atoms with Gasteiger partial charge in [0, 0.05) is 17.7 Å². The molecule has 0 bridgehead atoms. The van der Waals surface area contributed by atoms with E-state index in [1.807, 2.05) is 0 Å². The van der Waals surface area contributed by atoms with Gasteiger partial charge in [0.15, 0.2) is 6.10 Å². The van der Waals surface area contributed by atoms with Crippen LogP contribution in [0.1, 0.15) is 27.6 Å². The Labute approximate surface area is 108 Å². The highest BCUT2D eigenvalue weighted by molar-refractivity contribution is 5.94. The van der Waals surface area contributed by atoms with Crippen molar-refractivity contribution < 1.29 is 24.9 Å². The Bertz CT molecular complexity index is 654. The lowest BCUT2D eigenvalue weighted by molar-refractivity contribution is 0.0450. The zero-order valence-corrected chi connectivity index (χ0v) is 9.70. The number of ether oxygens (including phenoxy) is 1. The molecule has 1 aliphatic heterocycles. The van der Waals surface area contributed by atoms with Crippen LogP contribution >= 0.6 is 0 Å². The minimum Gasteiger partial charge on any atom is -0.508 e. The van der Waals surface area contributed by atoms with Crippen LogP contribution in [-0.2, 0) is 4.74 Å². The molecule has 0 aliphatic carbocycles. The maximum Gasteiger partial charge on any atom is 0.339 e. The van der Waals surface area contributed by atoms with Crippen molar-refractivity contribution >= 4 is 5.97 Å². The van der Waals surface area contributed by atoms with Crippen LogP contribution in [-0.4, -0.2) is 21.3 Å². The lowest BCUT2D eigenvalue weighted by Gasteiger charge is -2.14. The average Bonchev–Trinajstić information content (AvgIpc) is 2.67. The zero-order valence-electron chi connectivity index (χ0n) is 9.70. The molecule has 2 aromatic rings. The number of phenols is 3. The van der Waals surface area contributed by atoms with Crippen LogP contribution in [0.15, 0.2) is 36.4 Å².